The van der Waals surface area contributed by atoms with Crippen molar-refractivity contribution < 1.29 is 32.5 Å². The first-order valence-electron chi connectivity index (χ1n) is 8.44. The number of carbonyl (C=O) groups excluding carboxylic acids is 1. The second kappa shape index (κ2) is 6.91. The predicted octanol–water partition coefficient (Wildman–Crippen LogP) is 4.16. The fourth-order valence-electron chi connectivity index (χ4n) is 3.17. The first-order valence-corrected chi connectivity index (χ1v) is 8.44. The fourth-order valence-corrected chi connectivity index (χ4v) is 3.17. The van der Waals surface area contributed by atoms with Gasteiger partial charge in [-0.3, -0.25) is 0 Å². The average molecular weight is 366 g/mol. The number of hydrogen-bond acceptors (Lipinski definition) is 4. The highest BCUT2D eigenvalue weighted by atomic mass is 19.4. The molecule has 1 N–H and O–H groups in total. The molecule has 4 nitrogen and oxygen atoms in total. The lowest BCUT2D eigenvalue weighted by Gasteiger charge is -2.49. The molecule has 0 aromatic heterocycles. The van der Waals surface area contributed by atoms with E-state index in [9.17, 15) is 23.1 Å². The quantitative estimate of drug-likeness (QED) is 0.566. The number of carbonyl (C=O) groups is 1. The van der Waals surface area contributed by atoms with E-state index in [-0.39, 0.29) is 11.5 Å². The molecular weight excluding hydrogens is 337 g/mol. The number of aliphatic hydroxyl groups is 1. The lowest BCUT2D eigenvalue weighted by atomic mass is 9.81. The van der Waals surface area contributed by atoms with Crippen LogP contribution in [0.2, 0.25) is 0 Å². The normalized spacial score (nSPS) is 27.2. The number of ether oxygens (including phenoxy) is 2. The Bertz CT molecular complexity index is 523. The Hall–Kier alpha value is -1.08. The van der Waals surface area contributed by atoms with E-state index in [4.69, 9.17) is 9.47 Å². The number of esters is 1. The largest absolute Gasteiger partial charge is 0.456 e. The second-order valence-corrected chi connectivity index (χ2v) is 7.86. The van der Waals surface area contributed by atoms with Crippen LogP contribution < -0.4 is 0 Å². The molecule has 1 saturated carbocycles. The third kappa shape index (κ3) is 4.03. The highest BCUT2D eigenvalue weighted by Gasteiger charge is 2.63. The first-order chi connectivity index (χ1) is 11.1. The Morgan fingerprint density at radius 2 is 1.80 bits per heavy atom. The van der Waals surface area contributed by atoms with Crippen LogP contribution in [-0.4, -0.2) is 40.2 Å². The van der Waals surface area contributed by atoms with Crippen LogP contribution in [0.5, 0.6) is 0 Å². The van der Waals surface area contributed by atoms with Gasteiger partial charge in [0, 0.05) is 5.57 Å². The Morgan fingerprint density at radius 3 is 2.20 bits per heavy atom. The van der Waals surface area contributed by atoms with E-state index in [2.05, 4.69) is 6.58 Å². The molecule has 1 rings (SSSR count). The zero-order chi connectivity index (χ0) is 19.8. The summed E-state index contributed by atoms with van der Waals surface area (Å²) in [6.45, 7) is 11.8. The smallest absolute Gasteiger partial charge is 0.419 e. The number of hydrogen-bond donors (Lipinski definition) is 1. The van der Waals surface area contributed by atoms with E-state index < -0.39 is 35.1 Å². The molecule has 0 radical (unpaired) electrons. The average Bonchev–Trinajstić information content (AvgIpc) is 2.80. The molecule has 7 heteroatoms. The van der Waals surface area contributed by atoms with Crippen LogP contribution in [-0.2, 0) is 14.3 Å². The molecule has 0 aromatic carbocycles. The summed E-state index contributed by atoms with van der Waals surface area (Å²) in [6, 6.07) is 0. The van der Waals surface area contributed by atoms with E-state index in [1.54, 1.807) is 0 Å². The molecule has 3 atom stereocenters. The maximum absolute atomic E-state index is 13.3. The van der Waals surface area contributed by atoms with Gasteiger partial charge < -0.3 is 14.6 Å². The zero-order valence-corrected chi connectivity index (χ0v) is 15.8. The molecule has 1 aliphatic rings. The number of rotatable bonds is 6. The summed E-state index contributed by atoms with van der Waals surface area (Å²) in [4.78, 5) is 11.9. The summed E-state index contributed by atoms with van der Waals surface area (Å²) < 4.78 is 51.4. The van der Waals surface area contributed by atoms with E-state index in [1.807, 2.05) is 13.8 Å². The van der Waals surface area contributed by atoms with Crippen molar-refractivity contribution in [3.63, 3.8) is 0 Å². The lowest BCUT2D eigenvalue weighted by molar-refractivity contribution is -0.339. The summed E-state index contributed by atoms with van der Waals surface area (Å²) in [6.07, 6.45) is -3.98. The standard InChI is InChI=1S/C18H29F3O4/c1-11(2)14(22)24-13-9-8-10-17(13,12(3)4)25-15(5,6)16(7,23)18(19,20)21/h12-13,23H,1,8-10H2,2-7H3. The van der Waals surface area contributed by atoms with Crippen molar-refractivity contribution in [1.29, 1.82) is 0 Å². The first kappa shape index (κ1) is 22.0. The van der Waals surface area contributed by atoms with Crippen LogP contribution >= 0.6 is 0 Å². The van der Waals surface area contributed by atoms with Crippen molar-refractivity contribution in [2.24, 2.45) is 5.92 Å². The zero-order valence-electron chi connectivity index (χ0n) is 15.8. The van der Waals surface area contributed by atoms with Crippen LogP contribution in [0.4, 0.5) is 13.2 Å². The second-order valence-electron chi connectivity index (χ2n) is 7.86. The number of halogens is 3. The van der Waals surface area contributed by atoms with Gasteiger partial charge in [0.2, 0.25) is 0 Å². The lowest BCUT2D eigenvalue weighted by Crippen LogP contribution is -2.64. The van der Waals surface area contributed by atoms with Gasteiger partial charge in [-0.25, -0.2) is 4.79 Å². The van der Waals surface area contributed by atoms with Gasteiger partial charge in [-0.2, -0.15) is 13.2 Å². The number of alkyl halides is 3. The van der Waals surface area contributed by atoms with Gasteiger partial charge in [-0.15, -0.1) is 0 Å². The Balaban J connectivity index is 3.22. The molecule has 146 valence electrons. The summed E-state index contributed by atoms with van der Waals surface area (Å²) >= 11 is 0. The Labute approximate surface area is 147 Å². The molecule has 1 aliphatic carbocycles. The van der Waals surface area contributed by atoms with Crippen LogP contribution in [0.1, 0.15) is 60.8 Å². The molecule has 0 saturated heterocycles. The molecular formula is C18H29F3O4. The van der Waals surface area contributed by atoms with Crippen molar-refractivity contribution in [3.05, 3.63) is 12.2 Å². The van der Waals surface area contributed by atoms with Crippen molar-refractivity contribution in [2.75, 3.05) is 0 Å². The third-order valence-corrected chi connectivity index (χ3v) is 5.32. The summed E-state index contributed by atoms with van der Waals surface area (Å²) in [5.41, 5.74) is -5.89. The highest BCUT2D eigenvalue weighted by Crippen LogP contribution is 2.49. The van der Waals surface area contributed by atoms with Gasteiger partial charge in [-0.1, -0.05) is 20.4 Å². The van der Waals surface area contributed by atoms with Crippen molar-refractivity contribution >= 4 is 5.97 Å². The maximum atomic E-state index is 13.3. The van der Waals surface area contributed by atoms with Gasteiger partial charge in [-0.05, 0) is 52.9 Å². The molecule has 0 aromatic rings. The maximum Gasteiger partial charge on any atom is 0.419 e. The van der Waals surface area contributed by atoms with Crippen LogP contribution in [0, 0.1) is 5.92 Å². The monoisotopic (exact) mass is 366 g/mol. The molecule has 25 heavy (non-hydrogen) atoms. The van der Waals surface area contributed by atoms with Crippen molar-refractivity contribution in [1.82, 2.24) is 0 Å². The van der Waals surface area contributed by atoms with E-state index >= 15 is 0 Å². The minimum Gasteiger partial charge on any atom is -0.456 e. The predicted molar refractivity (Wildman–Crippen MR) is 88.0 cm³/mol. The summed E-state index contributed by atoms with van der Waals surface area (Å²) in [5.74, 6) is -0.817. The topological polar surface area (TPSA) is 55.8 Å². The van der Waals surface area contributed by atoms with Gasteiger partial charge in [0.1, 0.15) is 17.3 Å². The van der Waals surface area contributed by atoms with Gasteiger partial charge in [0.15, 0.2) is 5.60 Å². The third-order valence-electron chi connectivity index (χ3n) is 5.32. The molecule has 0 aliphatic heterocycles. The Kier molecular flexibility index (Phi) is 6.07. The SMILES string of the molecule is C=C(C)C(=O)OC1CCCC1(OC(C)(C)C(C)(O)C(F)(F)F)C(C)C. The van der Waals surface area contributed by atoms with E-state index in [0.717, 1.165) is 0 Å². The highest BCUT2D eigenvalue weighted by molar-refractivity contribution is 5.87. The van der Waals surface area contributed by atoms with Gasteiger partial charge in [0.05, 0.1) is 0 Å². The minimum absolute atomic E-state index is 0.214. The van der Waals surface area contributed by atoms with Crippen molar-refractivity contribution in [3.8, 4) is 0 Å². The van der Waals surface area contributed by atoms with Crippen LogP contribution in [0.25, 0.3) is 0 Å². The molecule has 3 unspecified atom stereocenters. The Morgan fingerprint density at radius 1 is 1.28 bits per heavy atom. The van der Waals surface area contributed by atoms with E-state index in [0.29, 0.717) is 26.2 Å². The summed E-state index contributed by atoms with van der Waals surface area (Å²) in [5, 5.41) is 10.1. The van der Waals surface area contributed by atoms with Crippen LogP contribution in [0.15, 0.2) is 12.2 Å². The summed E-state index contributed by atoms with van der Waals surface area (Å²) in [7, 11) is 0. The fraction of sp³-hybridized carbons (Fsp3) is 0.833. The van der Waals surface area contributed by atoms with Gasteiger partial charge >= 0.3 is 12.1 Å². The van der Waals surface area contributed by atoms with Crippen LogP contribution in [0.3, 0.4) is 0 Å². The minimum atomic E-state index is -4.86. The molecule has 0 amide bonds. The molecule has 0 heterocycles. The van der Waals surface area contributed by atoms with E-state index in [1.165, 1.54) is 20.8 Å². The molecule has 0 spiro atoms. The van der Waals surface area contributed by atoms with Crippen molar-refractivity contribution in [2.45, 2.75) is 89.9 Å². The molecule has 1 fully saturated rings. The van der Waals surface area contributed by atoms with Gasteiger partial charge in [0.25, 0.3) is 0 Å². The molecule has 0 bridgehead atoms.